The van der Waals surface area contributed by atoms with Crippen LogP contribution in [0.15, 0.2) is 11.6 Å². The highest BCUT2D eigenvalue weighted by atomic mass is 32.1. The minimum atomic E-state index is 0.0710. The summed E-state index contributed by atoms with van der Waals surface area (Å²) < 4.78 is 0. The summed E-state index contributed by atoms with van der Waals surface area (Å²) in [6.07, 6.45) is 2.45. The summed E-state index contributed by atoms with van der Waals surface area (Å²) in [4.78, 5) is 13.6. The van der Waals surface area contributed by atoms with Crippen molar-refractivity contribution < 1.29 is 0 Å². The van der Waals surface area contributed by atoms with Crippen LogP contribution in [-0.4, -0.2) is 32.2 Å². The van der Waals surface area contributed by atoms with E-state index in [2.05, 4.69) is 51.6 Å². The molecule has 0 aromatic carbocycles. The summed E-state index contributed by atoms with van der Waals surface area (Å²) in [5.74, 6) is 0.592. The lowest BCUT2D eigenvalue weighted by atomic mass is 9.93. The molecule has 0 saturated heterocycles. The molecule has 3 aromatic heterocycles. The molecule has 110 valence electrons. The van der Waals surface area contributed by atoms with Crippen molar-refractivity contribution in [3.63, 3.8) is 0 Å². The van der Waals surface area contributed by atoms with Crippen LogP contribution < -0.4 is 5.32 Å². The highest BCUT2D eigenvalue weighted by molar-refractivity contribution is 7.09. The van der Waals surface area contributed by atoms with E-state index < -0.39 is 0 Å². The standard InChI is InChI=1S/C14H18N6S/c1-14(2,3)10-7-21-11(18-10)5-9-8-6-16-20-12(8)19-13(15-4)17-9/h6-7H,5H2,1-4H3,(H2,15,16,17,19,20). The van der Waals surface area contributed by atoms with E-state index in [9.17, 15) is 0 Å². The predicted molar refractivity (Wildman–Crippen MR) is 84.9 cm³/mol. The molecule has 3 heterocycles. The average molecular weight is 302 g/mol. The largest absolute Gasteiger partial charge is 0.357 e. The van der Waals surface area contributed by atoms with Gasteiger partial charge in [0.1, 0.15) is 0 Å². The van der Waals surface area contributed by atoms with Gasteiger partial charge in [0, 0.05) is 24.3 Å². The SMILES string of the molecule is CNc1nc(Cc2nc(C(C)(C)C)cs2)c2cn[nH]c2n1. The third-order valence-electron chi connectivity index (χ3n) is 3.25. The zero-order chi connectivity index (χ0) is 15.0. The molecule has 0 atom stereocenters. The van der Waals surface area contributed by atoms with Gasteiger partial charge in [-0.15, -0.1) is 11.3 Å². The molecule has 7 heteroatoms. The molecule has 0 spiro atoms. The summed E-state index contributed by atoms with van der Waals surface area (Å²) in [6, 6.07) is 0. The van der Waals surface area contributed by atoms with Crippen molar-refractivity contribution in [3.8, 4) is 0 Å². The Bertz CT molecular complexity index is 767. The first kappa shape index (κ1) is 13.9. The Labute approximate surface area is 127 Å². The molecule has 0 aliphatic rings. The lowest BCUT2D eigenvalue weighted by molar-refractivity contribution is 0.571. The fraction of sp³-hybridized carbons (Fsp3) is 0.429. The number of aromatic amines is 1. The maximum Gasteiger partial charge on any atom is 0.224 e. The fourth-order valence-corrected chi connectivity index (χ4v) is 3.05. The molecule has 0 bridgehead atoms. The first-order valence-corrected chi connectivity index (χ1v) is 7.68. The van der Waals surface area contributed by atoms with Crippen molar-refractivity contribution in [2.75, 3.05) is 12.4 Å². The molecule has 0 unspecified atom stereocenters. The first-order chi connectivity index (χ1) is 9.97. The van der Waals surface area contributed by atoms with Gasteiger partial charge < -0.3 is 5.32 Å². The molecule has 2 N–H and O–H groups in total. The monoisotopic (exact) mass is 302 g/mol. The van der Waals surface area contributed by atoms with Crippen molar-refractivity contribution in [3.05, 3.63) is 28.0 Å². The van der Waals surface area contributed by atoms with Crippen LogP contribution in [0.25, 0.3) is 11.0 Å². The molecular formula is C14H18N6S. The maximum atomic E-state index is 4.73. The third kappa shape index (κ3) is 2.73. The second kappa shape index (κ2) is 5.07. The van der Waals surface area contributed by atoms with Crippen molar-refractivity contribution in [1.29, 1.82) is 0 Å². The van der Waals surface area contributed by atoms with Gasteiger partial charge in [0.05, 0.1) is 28.0 Å². The lowest BCUT2D eigenvalue weighted by Gasteiger charge is -2.14. The summed E-state index contributed by atoms with van der Waals surface area (Å²) >= 11 is 1.67. The van der Waals surface area contributed by atoms with Crippen LogP contribution in [0.1, 0.15) is 37.2 Å². The van der Waals surface area contributed by atoms with Crippen LogP contribution in [0.2, 0.25) is 0 Å². The van der Waals surface area contributed by atoms with Crippen LogP contribution in [0.4, 0.5) is 5.95 Å². The quantitative estimate of drug-likeness (QED) is 0.777. The van der Waals surface area contributed by atoms with Gasteiger partial charge in [-0.1, -0.05) is 20.8 Å². The molecule has 0 aliphatic heterocycles. The predicted octanol–water partition coefficient (Wildman–Crippen LogP) is 2.74. The molecule has 0 amide bonds. The number of rotatable bonds is 3. The number of fused-ring (bicyclic) bond motifs is 1. The van der Waals surface area contributed by atoms with E-state index in [0.29, 0.717) is 12.4 Å². The van der Waals surface area contributed by atoms with Crippen LogP contribution in [-0.2, 0) is 11.8 Å². The summed E-state index contributed by atoms with van der Waals surface area (Å²) in [7, 11) is 1.81. The smallest absolute Gasteiger partial charge is 0.224 e. The molecule has 0 aliphatic carbocycles. The van der Waals surface area contributed by atoms with Crippen LogP contribution in [0.5, 0.6) is 0 Å². The number of nitrogens with one attached hydrogen (secondary N) is 2. The molecule has 21 heavy (non-hydrogen) atoms. The van der Waals surface area contributed by atoms with Gasteiger partial charge in [-0.25, -0.2) is 9.97 Å². The Kier molecular flexibility index (Phi) is 3.36. The van der Waals surface area contributed by atoms with Crippen LogP contribution >= 0.6 is 11.3 Å². The van der Waals surface area contributed by atoms with E-state index in [1.165, 1.54) is 0 Å². The van der Waals surface area contributed by atoms with Gasteiger partial charge in [-0.05, 0) is 0 Å². The van der Waals surface area contributed by atoms with E-state index in [0.717, 1.165) is 27.4 Å². The topological polar surface area (TPSA) is 79.4 Å². The zero-order valence-electron chi connectivity index (χ0n) is 12.6. The van der Waals surface area contributed by atoms with Crippen molar-refractivity contribution in [1.82, 2.24) is 25.1 Å². The lowest BCUT2D eigenvalue weighted by Crippen LogP contribution is -2.11. The van der Waals surface area contributed by atoms with Crippen molar-refractivity contribution >= 4 is 28.3 Å². The van der Waals surface area contributed by atoms with Gasteiger partial charge in [0.2, 0.25) is 5.95 Å². The number of hydrogen-bond donors (Lipinski definition) is 2. The number of thiazole rings is 1. The Hall–Kier alpha value is -2.02. The molecular weight excluding hydrogens is 284 g/mol. The summed E-state index contributed by atoms with van der Waals surface area (Å²) in [5.41, 5.74) is 2.88. The van der Waals surface area contributed by atoms with E-state index >= 15 is 0 Å². The Morgan fingerprint density at radius 2 is 2.05 bits per heavy atom. The second-order valence-corrected chi connectivity index (χ2v) is 6.87. The third-order valence-corrected chi connectivity index (χ3v) is 4.10. The number of anilines is 1. The number of hydrogen-bond acceptors (Lipinski definition) is 6. The Morgan fingerprint density at radius 3 is 2.71 bits per heavy atom. The normalized spacial score (nSPS) is 12.0. The highest BCUT2D eigenvalue weighted by Crippen LogP contribution is 2.26. The number of H-pyrrole nitrogens is 1. The molecule has 0 fully saturated rings. The molecule has 6 nitrogen and oxygen atoms in total. The zero-order valence-corrected chi connectivity index (χ0v) is 13.4. The van der Waals surface area contributed by atoms with E-state index in [4.69, 9.17) is 4.98 Å². The van der Waals surface area contributed by atoms with Crippen LogP contribution in [0.3, 0.4) is 0 Å². The average Bonchev–Trinajstić information content (AvgIpc) is 3.06. The minimum absolute atomic E-state index is 0.0710. The van der Waals surface area contributed by atoms with Gasteiger partial charge in [0.25, 0.3) is 0 Å². The Morgan fingerprint density at radius 1 is 1.24 bits per heavy atom. The molecule has 0 radical (unpaired) electrons. The molecule has 0 saturated carbocycles. The van der Waals surface area contributed by atoms with Gasteiger partial charge in [0.15, 0.2) is 5.65 Å². The van der Waals surface area contributed by atoms with E-state index in [1.807, 2.05) is 7.05 Å². The fourth-order valence-electron chi connectivity index (χ4n) is 2.02. The van der Waals surface area contributed by atoms with Crippen molar-refractivity contribution in [2.45, 2.75) is 32.6 Å². The van der Waals surface area contributed by atoms with Gasteiger partial charge in [-0.2, -0.15) is 10.1 Å². The molecule has 3 rings (SSSR count). The van der Waals surface area contributed by atoms with Crippen molar-refractivity contribution in [2.24, 2.45) is 0 Å². The number of nitrogens with zero attached hydrogens (tertiary/aromatic N) is 4. The van der Waals surface area contributed by atoms with E-state index in [1.54, 1.807) is 17.5 Å². The van der Waals surface area contributed by atoms with Gasteiger partial charge in [-0.3, -0.25) is 5.10 Å². The Balaban J connectivity index is 1.97. The first-order valence-electron chi connectivity index (χ1n) is 6.80. The van der Waals surface area contributed by atoms with Gasteiger partial charge >= 0.3 is 0 Å². The second-order valence-electron chi connectivity index (χ2n) is 5.93. The summed E-state index contributed by atoms with van der Waals surface area (Å²) in [5, 5.41) is 14.1. The number of aromatic nitrogens is 5. The van der Waals surface area contributed by atoms with Crippen LogP contribution in [0, 0.1) is 0 Å². The minimum Gasteiger partial charge on any atom is -0.357 e. The highest BCUT2D eigenvalue weighted by Gasteiger charge is 2.18. The summed E-state index contributed by atoms with van der Waals surface area (Å²) in [6.45, 7) is 6.51. The van der Waals surface area contributed by atoms with E-state index in [-0.39, 0.29) is 5.41 Å². The maximum absolute atomic E-state index is 4.73. The molecule has 3 aromatic rings.